The lowest BCUT2D eigenvalue weighted by Crippen LogP contribution is -2.32. The third-order valence-corrected chi connectivity index (χ3v) is 4.17. The molecule has 18 heavy (non-hydrogen) atoms. The molecule has 0 spiro atoms. The zero-order chi connectivity index (χ0) is 12.8. The van der Waals surface area contributed by atoms with E-state index in [1.807, 2.05) is 18.5 Å². The Kier molecular flexibility index (Phi) is 5.14. The molecule has 1 aromatic rings. The molecule has 1 aromatic heterocycles. The fraction of sp³-hybridized carbons (Fsp3) is 0.667. The molecule has 0 aromatic carbocycles. The number of rotatable bonds is 5. The highest BCUT2D eigenvalue weighted by atomic mass is 16.3. The smallest absolute Gasteiger partial charge is 0.0462 e. The Morgan fingerprint density at radius 2 is 2.11 bits per heavy atom. The van der Waals surface area contributed by atoms with E-state index in [1.165, 1.54) is 36.8 Å². The van der Waals surface area contributed by atoms with E-state index in [1.54, 1.807) is 0 Å². The number of aliphatic hydroxyl groups is 1. The van der Waals surface area contributed by atoms with Gasteiger partial charge in [0.2, 0.25) is 0 Å². The molecule has 3 heteroatoms. The van der Waals surface area contributed by atoms with Crippen LogP contribution < -0.4 is 5.32 Å². The third-order valence-electron chi connectivity index (χ3n) is 4.17. The number of aliphatic hydroxyl groups excluding tert-OH is 1. The van der Waals surface area contributed by atoms with Crippen LogP contribution in [0.15, 0.2) is 18.5 Å². The molecule has 0 bridgehead atoms. The van der Waals surface area contributed by atoms with Crippen molar-refractivity contribution in [1.82, 2.24) is 10.3 Å². The van der Waals surface area contributed by atoms with Gasteiger partial charge < -0.3 is 10.4 Å². The van der Waals surface area contributed by atoms with Crippen LogP contribution in [0.5, 0.6) is 0 Å². The summed E-state index contributed by atoms with van der Waals surface area (Å²) in [5, 5.41) is 12.9. The van der Waals surface area contributed by atoms with Crippen molar-refractivity contribution in [2.24, 2.45) is 11.8 Å². The molecule has 0 amide bonds. The molecular weight excluding hydrogens is 224 g/mol. The van der Waals surface area contributed by atoms with Gasteiger partial charge in [-0.3, -0.25) is 4.98 Å². The minimum atomic E-state index is 0.346. The summed E-state index contributed by atoms with van der Waals surface area (Å²) in [4.78, 5) is 4.16. The van der Waals surface area contributed by atoms with Crippen molar-refractivity contribution >= 4 is 0 Å². The van der Waals surface area contributed by atoms with Crippen molar-refractivity contribution < 1.29 is 5.11 Å². The summed E-state index contributed by atoms with van der Waals surface area (Å²) in [6.45, 7) is 4.36. The second kappa shape index (κ2) is 6.86. The van der Waals surface area contributed by atoms with Crippen LogP contribution in [-0.2, 0) is 6.54 Å². The Hall–Kier alpha value is -0.930. The summed E-state index contributed by atoms with van der Waals surface area (Å²) in [7, 11) is 0. The summed E-state index contributed by atoms with van der Waals surface area (Å²) in [5.41, 5.74) is 2.56. The van der Waals surface area contributed by atoms with Crippen molar-refractivity contribution in [1.29, 1.82) is 0 Å². The number of aromatic nitrogens is 1. The Morgan fingerprint density at radius 3 is 2.83 bits per heavy atom. The Bertz CT molecular complexity index is 367. The highest BCUT2D eigenvalue weighted by Crippen LogP contribution is 2.29. The maximum atomic E-state index is 9.38. The summed E-state index contributed by atoms with van der Waals surface area (Å²) < 4.78 is 0. The Balaban J connectivity index is 1.79. The lowest BCUT2D eigenvalue weighted by atomic mass is 9.79. The fourth-order valence-electron chi connectivity index (χ4n) is 2.87. The summed E-state index contributed by atoms with van der Waals surface area (Å²) >= 11 is 0. The van der Waals surface area contributed by atoms with Crippen LogP contribution in [0.3, 0.4) is 0 Å². The Labute approximate surface area is 110 Å². The third kappa shape index (κ3) is 3.53. The van der Waals surface area contributed by atoms with E-state index in [4.69, 9.17) is 0 Å². The summed E-state index contributed by atoms with van der Waals surface area (Å²) in [6, 6.07) is 2.05. The lowest BCUT2D eigenvalue weighted by molar-refractivity contribution is 0.133. The van der Waals surface area contributed by atoms with Gasteiger partial charge in [-0.25, -0.2) is 0 Å². The molecule has 0 aliphatic heterocycles. The van der Waals surface area contributed by atoms with E-state index in [0.29, 0.717) is 18.4 Å². The minimum absolute atomic E-state index is 0.346. The van der Waals surface area contributed by atoms with E-state index in [-0.39, 0.29) is 0 Å². The molecule has 1 fully saturated rings. The molecule has 2 unspecified atom stereocenters. The van der Waals surface area contributed by atoms with Gasteiger partial charge in [-0.1, -0.05) is 12.8 Å². The minimum Gasteiger partial charge on any atom is -0.396 e. The van der Waals surface area contributed by atoms with E-state index in [9.17, 15) is 5.11 Å². The number of hydrogen-bond donors (Lipinski definition) is 2. The van der Waals surface area contributed by atoms with Crippen molar-refractivity contribution in [3.05, 3.63) is 29.6 Å². The van der Waals surface area contributed by atoms with Crippen molar-refractivity contribution in [3.8, 4) is 0 Å². The second-order valence-corrected chi connectivity index (χ2v) is 5.42. The van der Waals surface area contributed by atoms with E-state index < -0.39 is 0 Å². The van der Waals surface area contributed by atoms with Gasteiger partial charge in [-0.05, 0) is 55.3 Å². The van der Waals surface area contributed by atoms with Crippen LogP contribution in [0.1, 0.15) is 36.8 Å². The van der Waals surface area contributed by atoms with E-state index in [2.05, 4.69) is 17.2 Å². The van der Waals surface area contributed by atoms with Crippen LogP contribution in [0.2, 0.25) is 0 Å². The summed E-state index contributed by atoms with van der Waals surface area (Å²) in [6.07, 6.45) is 8.81. The molecule has 1 saturated carbocycles. The van der Waals surface area contributed by atoms with E-state index in [0.717, 1.165) is 13.1 Å². The maximum Gasteiger partial charge on any atom is 0.0462 e. The number of nitrogens with zero attached hydrogens (tertiary/aromatic N) is 1. The monoisotopic (exact) mass is 248 g/mol. The summed E-state index contributed by atoms with van der Waals surface area (Å²) in [5.74, 6) is 1.14. The predicted molar refractivity (Wildman–Crippen MR) is 73.2 cm³/mol. The zero-order valence-electron chi connectivity index (χ0n) is 11.2. The zero-order valence-corrected chi connectivity index (χ0v) is 11.2. The van der Waals surface area contributed by atoms with Gasteiger partial charge in [-0.2, -0.15) is 0 Å². The molecule has 1 aliphatic rings. The first-order valence-electron chi connectivity index (χ1n) is 7.02. The predicted octanol–water partition coefficient (Wildman–Crippen LogP) is 2.28. The number of pyridine rings is 1. The van der Waals surface area contributed by atoms with Crippen LogP contribution >= 0.6 is 0 Å². The highest BCUT2D eigenvalue weighted by Gasteiger charge is 2.23. The topological polar surface area (TPSA) is 45.2 Å². The molecule has 2 rings (SSSR count). The van der Waals surface area contributed by atoms with Gasteiger partial charge in [0.1, 0.15) is 0 Å². The molecule has 3 nitrogen and oxygen atoms in total. The first kappa shape index (κ1) is 13.5. The number of nitrogens with one attached hydrogen (secondary N) is 1. The average molecular weight is 248 g/mol. The molecule has 2 atom stereocenters. The van der Waals surface area contributed by atoms with Gasteiger partial charge in [0.15, 0.2) is 0 Å². The standard InChI is InChI=1S/C15H24N2O/c1-12-6-7-16-9-15(12)10-17-8-13-4-2-3-5-14(13)11-18/h6-7,9,13-14,17-18H,2-5,8,10-11H2,1H3. The van der Waals surface area contributed by atoms with Gasteiger partial charge in [-0.15, -0.1) is 0 Å². The maximum absolute atomic E-state index is 9.38. The normalized spacial score (nSPS) is 24.1. The molecule has 2 N–H and O–H groups in total. The van der Waals surface area contributed by atoms with Crippen molar-refractivity contribution in [3.63, 3.8) is 0 Å². The highest BCUT2D eigenvalue weighted by molar-refractivity contribution is 5.20. The lowest BCUT2D eigenvalue weighted by Gasteiger charge is -2.30. The van der Waals surface area contributed by atoms with Gasteiger partial charge >= 0.3 is 0 Å². The fourth-order valence-corrected chi connectivity index (χ4v) is 2.87. The van der Waals surface area contributed by atoms with Crippen LogP contribution in [0, 0.1) is 18.8 Å². The molecular formula is C15H24N2O. The Morgan fingerprint density at radius 1 is 1.33 bits per heavy atom. The second-order valence-electron chi connectivity index (χ2n) is 5.42. The largest absolute Gasteiger partial charge is 0.396 e. The van der Waals surface area contributed by atoms with Gasteiger partial charge in [0.05, 0.1) is 0 Å². The number of hydrogen-bond acceptors (Lipinski definition) is 3. The average Bonchev–Trinajstić information content (AvgIpc) is 2.41. The molecule has 1 heterocycles. The van der Waals surface area contributed by atoms with Gasteiger partial charge in [0, 0.05) is 25.5 Å². The van der Waals surface area contributed by atoms with Crippen LogP contribution in [-0.4, -0.2) is 23.2 Å². The SMILES string of the molecule is Cc1ccncc1CNCC1CCCCC1CO. The van der Waals surface area contributed by atoms with Crippen LogP contribution in [0.4, 0.5) is 0 Å². The first-order valence-corrected chi connectivity index (χ1v) is 7.02. The molecule has 0 saturated heterocycles. The van der Waals surface area contributed by atoms with Crippen molar-refractivity contribution in [2.45, 2.75) is 39.2 Å². The quantitative estimate of drug-likeness (QED) is 0.840. The molecule has 0 radical (unpaired) electrons. The molecule has 100 valence electrons. The van der Waals surface area contributed by atoms with Gasteiger partial charge in [0.25, 0.3) is 0 Å². The molecule has 1 aliphatic carbocycles. The van der Waals surface area contributed by atoms with E-state index >= 15 is 0 Å². The number of aryl methyl sites for hydroxylation is 1. The first-order chi connectivity index (χ1) is 8.81. The van der Waals surface area contributed by atoms with Crippen LogP contribution in [0.25, 0.3) is 0 Å². The van der Waals surface area contributed by atoms with Crippen molar-refractivity contribution in [2.75, 3.05) is 13.2 Å².